The van der Waals surface area contributed by atoms with Gasteiger partial charge in [-0.3, -0.25) is 0 Å². The molecular formula is C17H18BrNO2. The Morgan fingerprint density at radius 1 is 1.14 bits per heavy atom. The van der Waals surface area contributed by atoms with Gasteiger partial charge in [0.05, 0.1) is 12.2 Å². The molecule has 1 atom stereocenters. The van der Waals surface area contributed by atoms with Crippen molar-refractivity contribution in [2.24, 2.45) is 0 Å². The Balaban J connectivity index is 2.02. The molecule has 0 aliphatic heterocycles. The monoisotopic (exact) mass is 347 g/mol. The third-order valence-electron chi connectivity index (χ3n) is 3.15. The lowest BCUT2D eigenvalue weighted by atomic mass is 10.1. The van der Waals surface area contributed by atoms with Gasteiger partial charge in [0.25, 0.3) is 0 Å². The number of esters is 1. The fourth-order valence-corrected chi connectivity index (χ4v) is 2.27. The van der Waals surface area contributed by atoms with Crippen LogP contribution in [0.5, 0.6) is 0 Å². The molecule has 110 valence electrons. The largest absolute Gasteiger partial charge is 0.462 e. The lowest BCUT2D eigenvalue weighted by Gasteiger charge is -2.16. The fraction of sp³-hybridized carbons (Fsp3) is 0.235. The van der Waals surface area contributed by atoms with Crippen LogP contribution < -0.4 is 5.32 Å². The summed E-state index contributed by atoms with van der Waals surface area (Å²) < 4.78 is 6.03. The van der Waals surface area contributed by atoms with E-state index in [0.29, 0.717) is 12.2 Å². The Morgan fingerprint density at radius 2 is 1.76 bits per heavy atom. The van der Waals surface area contributed by atoms with Gasteiger partial charge in [0.2, 0.25) is 0 Å². The minimum absolute atomic E-state index is 0.187. The number of benzene rings is 2. The van der Waals surface area contributed by atoms with Gasteiger partial charge in [0.1, 0.15) is 0 Å². The number of hydrogen-bond donors (Lipinski definition) is 1. The maximum absolute atomic E-state index is 11.6. The standard InChI is InChI=1S/C17H18BrNO2/c1-3-21-17(20)14-6-10-16(11-7-14)19-12(2)13-4-8-15(18)9-5-13/h4-12,19H,3H2,1-2H3/t12-/m0/s1. The number of hydrogen-bond acceptors (Lipinski definition) is 3. The van der Waals surface area contributed by atoms with E-state index in [1.54, 1.807) is 19.1 Å². The number of nitrogens with one attached hydrogen (secondary N) is 1. The van der Waals surface area contributed by atoms with E-state index in [2.05, 4.69) is 40.3 Å². The molecule has 21 heavy (non-hydrogen) atoms. The van der Waals surface area contributed by atoms with Crippen molar-refractivity contribution in [3.63, 3.8) is 0 Å². The van der Waals surface area contributed by atoms with Crippen LogP contribution in [-0.4, -0.2) is 12.6 Å². The van der Waals surface area contributed by atoms with E-state index >= 15 is 0 Å². The molecule has 0 radical (unpaired) electrons. The summed E-state index contributed by atoms with van der Waals surface area (Å²) >= 11 is 3.43. The number of carbonyl (C=O) groups is 1. The second-order valence-corrected chi connectivity index (χ2v) is 5.63. The fourth-order valence-electron chi connectivity index (χ4n) is 2.00. The molecule has 0 amide bonds. The van der Waals surface area contributed by atoms with E-state index in [0.717, 1.165) is 10.2 Å². The van der Waals surface area contributed by atoms with Crippen molar-refractivity contribution >= 4 is 27.6 Å². The Morgan fingerprint density at radius 3 is 2.33 bits per heavy atom. The normalized spacial score (nSPS) is 11.8. The van der Waals surface area contributed by atoms with Crippen molar-refractivity contribution in [2.45, 2.75) is 19.9 Å². The summed E-state index contributed by atoms with van der Waals surface area (Å²) in [7, 11) is 0. The molecular weight excluding hydrogens is 330 g/mol. The third kappa shape index (κ3) is 4.33. The molecule has 0 saturated carbocycles. The number of carbonyl (C=O) groups excluding carboxylic acids is 1. The van der Waals surface area contributed by atoms with E-state index in [1.807, 2.05) is 24.3 Å². The first-order valence-electron chi connectivity index (χ1n) is 6.89. The van der Waals surface area contributed by atoms with Gasteiger partial charge in [-0.2, -0.15) is 0 Å². The van der Waals surface area contributed by atoms with Gasteiger partial charge in [0, 0.05) is 16.2 Å². The SMILES string of the molecule is CCOC(=O)c1ccc(N[C@@H](C)c2ccc(Br)cc2)cc1. The summed E-state index contributed by atoms with van der Waals surface area (Å²) in [6.07, 6.45) is 0. The second-order valence-electron chi connectivity index (χ2n) is 4.72. The minimum atomic E-state index is -0.287. The molecule has 0 unspecified atom stereocenters. The number of ether oxygens (including phenoxy) is 1. The van der Waals surface area contributed by atoms with Crippen molar-refractivity contribution < 1.29 is 9.53 Å². The van der Waals surface area contributed by atoms with E-state index < -0.39 is 0 Å². The Hall–Kier alpha value is -1.81. The van der Waals surface area contributed by atoms with Gasteiger partial charge >= 0.3 is 5.97 Å². The Labute approximate surface area is 133 Å². The Bertz CT molecular complexity index is 593. The highest BCUT2D eigenvalue weighted by Crippen LogP contribution is 2.21. The van der Waals surface area contributed by atoms with Gasteiger partial charge in [0.15, 0.2) is 0 Å². The van der Waals surface area contributed by atoms with Crippen molar-refractivity contribution in [1.29, 1.82) is 0 Å². The maximum Gasteiger partial charge on any atom is 0.338 e. The molecule has 0 heterocycles. The minimum Gasteiger partial charge on any atom is -0.462 e. The maximum atomic E-state index is 11.6. The molecule has 0 bridgehead atoms. The first-order chi connectivity index (χ1) is 10.1. The predicted molar refractivity (Wildman–Crippen MR) is 88.6 cm³/mol. The summed E-state index contributed by atoms with van der Waals surface area (Å²) in [6.45, 7) is 4.29. The quantitative estimate of drug-likeness (QED) is 0.789. The topological polar surface area (TPSA) is 38.3 Å². The van der Waals surface area contributed by atoms with E-state index in [9.17, 15) is 4.79 Å². The van der Waals surface area contributed by atoms with E-state index in [4.69, 9.17) is 4.74 Å². The summed E-state index contributed by atoms with van der Waals surface area (Å²) in [4.78, 5) is 11.6. The summed E-state index contributed by atoms with van der Waals surface area (Å²) in [5, 5.41) is 3.41. The number of anilines is 1. The van der Waals surface area contributed by atoms with Crippen LogP contribution in [0.15, 0.2) is 53.0 Å². The summed E-state index contributed by atoms with van der Waals surface area (Å²) in [6, 6.07) is 15.7. The summed E-state index contributed by atoms with van der Waals surface area (Å²) in [5.41, 5.74) is 2.74. The van der Waals surface area contributed by atoms with Crippen LogP contribution in [0.3, 0.4) is 0 Å². The molecule has 0 fully saturated rings. The average Bonchev–Trinajstić information content (AvgIpc) is 2.49. The predicted octanol–water partition coefficient (Wildman–Crippen LogP) is 4.80. The zero-order valence-corrected chi connectivity index (χ0v) is 13.7. The molecule has 4 heteroatoms. The number of rotatable bonds is 5. The molecule has 0 spiro atoms. The zero-order chi connectivity index (χ0) is 15.2. The molecule has 0 saturated heterocycles. The van der Waals surface area contributed by atoms with Crippen LogP contribution in [0.2, 0.25) is 0 Å². The second kappa shape index (κ2) is 7.27. The van der Waals surface area contributed by atoms with Crippen LogP contribution in [0.25, 0.3) is 0 Å². The zero-order valence-electron chi connectivity index (χ0n) is 12.1. The first kappa shape index (κ1) is 15.6. The van der Waals surface area contributed by atoms with Crippen LogP contribution in [-0.2, 0) is 4.74 Å². The van der Waals surface area contributed by atoms with E-state index in [1.165, 1.54) is 5.56 Å². The molecule has 2 aromatic rings. The molecule has 2 rings (SSSR count). The van der Waals surface area contributed by atoms with Crippen molar-refractivity contribution in [3.8, 4) is 0 Å². The molecule has 1 N–H and O–H groups in total. The van der Waals surface area contributed by atoms with Crippen molar-refractivity contribution in [3.05, 3.63) is 64.1 Å². The van der Waals surface area contributed by atoms with E-state index in [-0.39, 0.29) is 12.0 Å². The van der Waals surface area contributed by atoms with Crippen molar-refractivity contribution in [2.75, 3.05) is 11.9 Å². The van der Waals surface area contributed by atoms with Gasteiger partial charge in [-0.25, -0.2) is 4.79 Å². The molecule has 3 nitrogen and oxygen atoms in total. The lowest BCUT2D eigenvalue weighted by molar-refractivity contribution is 0.0526. The highest BCUT2D eigenvalue weighted by atomic mass is 79.9. The van der Waals surface area contributed by atoms with Gasteiger partial charge < -0.3 is 10.1 Å². The van der Waals surface area contributed by atoms with Crippen LogP contribution in [0, 0.1) is 0 Å². The van der Waals surface area contributed by atoms with Crippen LogP contribution in [0.4, 0.5) is 5.69 Å². The lowest BCUT2D eigenvalue weighted by Crippen LogP contribution is -2.07. The molecule has 0 aliphatic rings. The Kier molecular flexibility index (Phi) is 5.39. The van der Waals surface area contributed by atoms with Crippen LogP contribution >= 0.6 is 15.9 Å². The number of halogens is 1. The highest BCUT2D eigenvalue weighted by Gasteiger charge is 2.08. The summed E-state index contributed by atoms with van der Waals surface area (Å²) in [5.74, 6) is -0.287. The van der Waals surface area contributed by atoms with Crippen molar-refractivity contribution in [1.82, 2.24) is 0 Å². The highest BCUT2D eigenvalue weighted by molar-refractivity contribution is 9.10. The average molecular weight is 348 g/mol. The molecule has 2 aromatic carbocycles. The molecule has 0 aromatic heterocycles. The molecule has 0 aliphatic carbocycles. The van der Waals surface area contributed by atoms with Crippen LogP contribution in [0.1, 0.15) is 35.8 Å². The van der Waals surface area contributed by atoms with Gasteiger partial charge in [-0.15, -0.1) is 0 Å². The van der Waals surface area contributed by atoms with Gasteiger partial charge in [-0.05, 0) is 55.8 Å². The third-order valence-corrected chi connectivity index (χ3v) is 3.68. The van der Waals surface area contributed by atoms with Gasteiger partial charge in [-0.1, -0.05) is 28.1 Å². The smallest absolute Gasteiger partial charge is 0.338 e. The first-order valence-corrected chi connectivity index (χ1v) is 7.68.